The predicted octanol–water partition coefficient (Wildman–Crippen LogP) is -0.0775. The van der Waals surface area contributed by atoms with Gasteiger partial charge in [0.25, 0.3) is 0 Å². The fourth-order valence-corrected chi connectivity index (χ4v) is 1.83. The van der Waals surface area contributed by atoms with E-state index in [4.69, 9.17) is 11.5 Å². The van der Waals surface area contributed by atoms with E-state index < -0.39 is 11.4 Å². The maximum atomic E-state index is 11.4. The van der Waals surface area contributed by atoms with Gasteiger partial charge in [0.05, 0.1) is 18.5 Å². The summed E-state index contributed by atoms with van der Waals surface area (Å²) < 4.78 is 0. The Morgan fingerprint density at radius 1 is 1.47 bits per heavy atom. The summed E-state index contributed by atoms with van der Waals surface area (Å²) in [6, 6.07) is 0. The number of hydrogen-bond donors (Lipinski definition) is 2. The highest BCUT2D eigenvalue weighted by atomic mass is 16.4. The molecule has 1 rings (SSSR count). The fraction of sp³-hybridized carbons (Fsp3) is 0.667. The van der Waals surface area contributed by atoms with Crippen LogP contribution in [0.1, 0.15) is 19.8 Å². The van der Waals surface area contributed by atoms with Crippen LogP contribution in [-0.2, 0) is 9.59 Å². The second-order valence-corrected chi connectivity index (χ2v) is 4.62. The highest BCUT2D eigenvalue weighted by molar-refractivity contribution is 5.78. The molecule has 0 spiro atoms. The molecule has 94 valence electrons. The predicted molar refractivity (Wildman–Crippen MR) is 63.3 cm³/mol. The number of carbonyl (C=O) groups excluding carboxylic acids is 1. The second kappa shape index (κ2) is 5.69. The first kappa shape index (κ1) is 13.5. The number of hydrogen-bond acceptors (Lipinski definition) is 3. The van der Waals surface area contributed by atoms with E-state index in [0.29, 0.717) is 25.9 Å². The van der Waals surface area contributed by atoms with Crippen molar-refractivity contribution >= 4 is 11.9 Å². The normalized spacial score (nSPS) is 19.3. The second-order valence-electron chi connectivity index (χ2n) is 4.62. The van der Waals surface area contributed by atoms with Gasteiger partial charge in [-0.2, -0.15) is 0 Å². The summed E-state index contributed by atoms with van der Waals surface area (Å²) in [5.41, 5.74) is -0.647. The molecule has 0 aromatic carbocycles. The van der Waals surface area contributed by atoms with Crippen LogP contribution < -0.4 is 5.32 Å². The van der Waals surface area contributed by atoms with Crippen LogP contribution in [0.25, 0.3) is 0 Å². The molecule has 17 heavy (non-hydrogen) atoms. The minimum Gasteiger partial charge on any atom is -0.481 e. The number of aliphatic carboxylic acids is 1. The number of carboxylic acid groups (broad SMARTS) is 1. The molecular weight excluding hydrogens is 220 g/mol. The van der Waals surface area contributed by atoms with Crippen molar-refractivity contribution in [3.8, 4) is 12.3 Å². The van der Waals surface area contributed by atoms with Crippen LogP contribution in [0, 0.1) is 17.8 Å². The van der Waals surface area contributed by atoms with Crippen LogP contribution in [0.15, 0.2) is 0 Å². The minimum absolute atomic E-state index is 0.109. The van der Waals surface area contributed by atoms with E-state index in [-0.39, 0.29) is 19.0 Å². The average molecular weight is 238 g/mol. The zero-order valence-corrected chi connectivity index (χ0v) is 10.0. The van der Waals surface area contributed by atoms with Crippen molar-refractivity contribution in [2.45, 2.75) is 19.8 Å². The Balaban J connectivity index is 2.35. The first-order valence-corrected chi connectivity index (χ1v) is 5.64. The number of carboxylic acids is 1. The Labute approximate surface area is 101 Å². The number of likely N-dealkylation sites (tertiary alicyclic amines) is 1. The van der Waals surface area contributed by atoms with Gasteiger partial charge in [-0.05, 0) is 32.9 Å². The SMILES string of the molecule is C#CCNC(=O)CN1CCC(C)(C(=O)O)CC1. The van der Waals surface area contributed by atoms with Gasteiger partial charge < -0.3 is 10.4 Å². The van der Waals surface area contributed by atoms with Gasteiger partial charge in [0.2, 0.25) is 5.91 Å². The van der Waals surface area contributed by atoms with Gasteiger partial charge in [0.1, 0.15) is 0 Å². The van der Waals surface area contributed by atoms with E-state index in [2.05, 4.69) is 11.2 Å². The Morgan fingerprint density at radius 3 is 2.53 bits per heavy atom. The molecule has 5 nitrogen and oxygen atoms in total. The quantitative estimate of drug-likeness (QED) is 0.672. The van der Waals surface area contributed by atoms with Crippen molar-refractivity contribution in [1.29, 1.82) is 0 Å². The molecule has 1 heterocycles. The van der Waals surface area contributed by atoms with Gasteiger partial charge in [0.15, 0.2) is 0 Å². The topological polar surface area (TPSA) is 69.6 Å². The smallest absolute Gasteiger partial charge is 0.309 e. The number of amides is 1. The van der Waals surface area contributed by atoms with E-state index in [1.54, 1.807) is 6.92 Å². The van der Waals surface area contributed by atoms with E-state index in [9.17, 15) is 9.59 Å². The van der Waals surface area contributed by atoms with E-state index >= 15 is 0 Å². The van der Waals surface area contributed by atoms with E-state index in [0.717, 1.165) is 0 Å². The minimum atomic E-state index is -0.756. The summed E-state index contributed by atoms with van der Waals surface area (Å²) in [6.07, 6.45) is 6.18. The standard InChI is InChI=1S/C12H18N2O3/c1-3-6-13-10(15)9-14-7-4-12(2,5-8-14)11(16)17/h1H,4-9H2,2H3,(H,13,15)(H,16,17). The third-order valence-corrected chi connectivity index (χ3v) is 3.23. The number of carbonyl (C=O) groups is 2. The van der Waals surface area contributed by atoms with Crippen molar-refractivity contribution in [3.63, 3.8) is 0 Å². The van der Waals surface area contributed by atoms with Crippen LogP contribution in [0.2, 0.25) is 0 Å². The van der Waals surface area contributed by atoms with Crippen LogP contribution in [0.5, 0.6) is 0 Å². The lowest BCUT2D eigenvalue weighted by atomic mass is 9.80. The summed E-state index contributed by atoms with van der Waals surface area (Å²) in [5.74, 6) is 1.47. The van der Waals surface area contributed by atoms with Crippen LogP contribution in [-0.4, -0.2) is 48.1 Å². The molecule has 2 N–H and O–H groups in total. The Morgan fingerprint density at radius 2 is 2.06 bits per heavy atom. The molecule has 5 heteroatoms. The van der Waals surface area contributed by atoms with Crippen molar-refractivity contribution in [2.75, 3.05) is 26.2 Å². The maximum absolute atomic E-state index is 11.4. The Hall–Kier alpha value is -1.54. The molecule has 0 aromatic rings. The monoisotopic (exact) mass is 238 g/mol. The fourth-order valence-electron chi connectivity index (χ4n) is 1.83. The number of nitrogens with zero attached hydrogens (tertiary/aromatic N) is 1. The largest absolute Gasteiger partial charge is 0.481 e. The van der Waals surface area contributed by atoms with Gasteiger partial charge in [0, 0.05) is 0 Å². The summed E-state index contributed by atoms with van der Waals surface area (Å²) >= 11 is 0. The lowest BCUT2D eigenvalue weighted by molar-refractivity contribution is -0.150. The lowest BCUT2D eigenvalue weighted by Gasteiger charge is -2.35. The van der Waals surface area contributed by atoms with E-state index in [1.807, 2.05) is 4.90 Å². The summed E-state index contributed by atoms with van der Waals surface area (Å²) in [4.78, 5) is 24.4. The molecule has 1 saturated heterocycles. The van der Waals surface area contributed by atoms with Gasteiger partial charge in [-0.1, -0.05) is 5.92 Å². The molecule has 1 aliphatic heterocycles. The van der Waals surface area contributed by atoms with Crippen molar-refractivity contribution < 1.29 is 14.7 Å². The number of nitrogens with one attached hydrogen (secondary N) is 1. The molecule has 1 amide bonds. The van der Waals surface area contributed by atoms with Crippen LogP contribution in [0.4, 0.5) is 0 Å². The van der Waals surface area contributed by atoms with Crippen molar-refractivity contribution in [2.24, 2.45) is 5.41 Å². The van der Waals surface area contributed by atoms with Crippen LogP contribution >= 0.6 is 0 Å². The summed E-state index contributed by atoms with van der Waals surface area (Å²) in [5, 5.41) is 11.7. The Bertz CT molecular complexity index is 338. The van der Waals surface area contributed by atoms with Crippen LogP contribution in [0.3, 0.4) is 0 Å². The zero-order valence-electron chi connectivity index (χ0n) is 10.0. The van der Waals surface area contributed by atoms with Gasteiger partial charge >= 0.3 is 5.97 Å². The summed E-state index contributed by atoms with van der Waals surface area (Å²) in [6.45, 7) is 3.54. The molecule has 1 fully saturated rings. The number of piperidine rings is 1. The summed E-state index contributed by atoms with van der Waals surface area (Å²) in [7, 11) is 0. The molecule has 0 atom stereocenters. The highest BCUT2D eigenvalue weighted by Gasteiger charge is 2.36. The van der Waals surface area contributed by atoms with Gasteiger partial charge in [-0.15, -0.1) is 6.42 Å². The lowest BCUT2D eigenvalue weighted by Crippen LogP contribution is -2.46. The molecule has 0 unspecified atom stereocenters. The number of rotatable bonds is 4. The highest BCUT2D eigenvalue weighted by Crippen LogP contribution is 2.30. The molecule has 0 bridgehead atoms. The molecule has 0 radical (unpaired) electrons. The third kappa shape index (κ3) is 3.75. The number of terminal acetylenes is 1. The molecule has 0 aromatic heterocycles. The first-order valence-electron chi connectivity index (χ1n) is 5.64. The molecule has 0 aliphatic carbocycles. The molecular formula is C12H18N2O3. The van der Waals surface area contributed by atoms with Gasteiger partial charge in [-0.25, -0.2) is 0 Å². The Kier molecular flexibility index (Phi) is 4.53. The third-order valence-electron chi connectivity index (χ3n) is 3.23. The van der Waals surface area contributed by atoms with Gasteiger partial charge in [-0.3, -0.25) is 14.5 Å². The van der Waals surface area contributed by atoms with Crippen molar-refractivity contribution in [3.05, 3.63) is 0 Å². The molecule has 0 saturated carbocycles. The first-order chi connectivity index (χ1) is 7.98. The zero-order chi connectivity index (χ0) is 12.9. The van der Waals surface area contributed by atoms with Crippen molar-refractivity contribution in [1.82, 2.24) is 10.2 Å². The maximum Gasteiger partial charge on any atom is 0.309 e. The van der Waals surface area contributed by atoms with E-state index in [1.165, 1.54) is 0 Å². The molecule has 1 aliphatic rings. The average Bonchev–Trinajstić information content (AvgIpc) is 2.29.